The van der Waals surface area contributed by atoms with Crippen molar-refractivity contribution in [3.8, 4) is 0 Å². The first-order valence-corrected chi connectivity index (χ1v) is 8.77. The molecule has 0 aliphatic rings. The number of benzene rings is 2. The van der Waals surface area contributed by atoms with Crippen molar-refractivity contribution < 1.29 is 14.0 Å². The van der Waals surface area contributed by atoms with Crippen molar-refractivity contribution in [3.63, 3.8) is 0 Å². The van der Waals surface area contributed by atoms with Crippen molar-refractivity contribution in [2.45, 2.75) is 33.2 Å². The highest BCUT2D eigenvalue weighted by molar-refractivity contribution is 5.98. The van der Waals surface area contributed by atoms with E-state index >= 15 is 0 Å². The molecule has 2 aromatic rings. The van der Waals surface area contributed by atoms with Gasteiger partial charge in [-0.15, -0.1) is 0 Å². The number of carbonyl (C=O) groups excluding carboxylic acids is 2. The topological polar surface area (TPSA) is 58.2 Å². The van der Waals surface area contributed by atoms with Crippen LogP contribution in [0.5, 0.6) is 0 Å². The minimum absolute atomic E-state index is 0.0728. The summed E-state index contributed by atoms with van der Waals surface area (Å²) in [5.74, 6) is -0.893. The normalized spacial score (nSPS) is 11.9. The van der Waals surface area contributed by atoms with E-state index in [1.54, 1.807) is 30.3 Å². The Morgan fingerprint density at radius 3 is 2.35 bits per heavy atom. The Hall–Kier alpha value is -2.69. The van der Waals surface area contributed by atoms with Crippen LogP contribution in [0.4, 0.5) is 4.39 Å². The maximum absolute atomic E-state index is 13.6. The smallest absolute Gasteiger partial charge is 0.252 e. The fraction of sp³-hybridized carbons (Fsp3) is 0.333. The van der Waals surface area contributed by atoms with Crippen molar-refractivity contribution in [1.29, 1.82) is 0 Å². The van der Waals surface area contributed by atoms with E-state index in [0.29, 0.717) is 24.1 Å². The van der Waals surface area contributed by atoms with Crippen LogP contribution in [-0.4, -0.2) is 24.4 Å². The number of hydrogen-bond acceptors (Lipinski definition) is 2. The van der Waals surface area contributed by atoms with Gasteiger partial charge in [0.15, 0.2) is 0 Å². The lowest BCUT2D eigenvalue weighted by Crippen LogP contribution is -2.50. The number of aryl methyl sites for hydroxylation is 1. The van der Waals surface area contributed by atoms with Crippen molar-refractivity contribution in [3.05, 3.63) is 71.0 Å². The Morgan fingerprint density at radius 2 is 1.69 bits per heavy atom. The van der Waals surface area contributed by atoms with Crippen LogP contribution in [0.15, 0.2) is 48.5 Å². The molecule has 138 valence electrons. The molecule has 0 aliphatic heterocycles. The Balaban J connectivity index is 1.96. The van der Waals surface area contributed by atoms with E-state index < -0.39 is 6.04 Å². The Kier molecular flexibility index (Phi) is 6.89. The summed E-state index contributed by atoms with van der Waals surface area (Å²) in [7, 11) is 0. The first kappa shape index (κ1) is 19.6. The van der Waals surface area contributed by atoms with Gasteiger partial charge in [0, 0.05) is 12.1 Å². The summed E-state index contributed by atoms with van der Waals surface area (Å²) in [6.45, 7) is 5.91. The Labute approximate surface area is 153 Å². The highest BCUT2D eigenvalue weighted by atomic mass is 19.1. The standard InChI is InChI=1S/C21H25FN2O2/c1-14(2)19(24-20(25)17-10-6-4-8-15(17)3)21(26)23-13-12-16-9-5-7-11-18(16)22/h4-11,14,19H,12-13H2,1-3H3,(H,23,26)(H,24,25). The molecule has 4 nitrogen and oxygen atoms in total. The molecule has 0 spiro atoms. The fourth-order valence-electron chi connectivity index (χ4n) is 2.71. The molecule has 0 saturated carbocycles. The molecule has 2 rings (SSSR count). The molecule has 2 N–H and O–H groups in total. The van der Waals surface area contributed by atoms with Gasteiger partial charge in [-0.3, -0.25) is 9.59 Å². The molecule has 1 unspecified atom stereocenters. The zero-order valence-corrected chi connectivity index (χ0v) is 15.4. The van der Waals surface area contributed by atoms with Crippen LogP contribution in [0.1, 0.15) is 35.3 Å². The molecule has 0 aromatic heterocycles. The molecule has 5 heteroatoms. The lowest BCUT2D eigenvalue weighted by molar-refractivity contribution is -0.123. The van der Waals surface area contributed by atoms with Crippen LogP contribution in [0.25, 0.3) is 0 Å². The third kappa shape index (κ3) is 5.15. The maximum Gasteiger partial charge on any atom is 0.252 e. The van der Waals surface area contributed by atoms with Crippen LogP contribution < -0.4 is 10.6 Å². The van der Waals surface area contributed by atoms with E-state index in [9.17, 15) is 14.0 Å². The summed E-state index contributed by atoms with van der Waals surface area (Å²) in [4.78, 5) is 25.0. The molecule has 26 heavy (non-hydrogen) atoms. The third-order valence-corrected chi connectivity index (χ3v) is 4.28. The second-order valence-corrected chi connectivity index (χ2v) is 6.64. The number of amides is 2. The molecule has 1 atom stereocenters. The van der Waals surface area contributed by atoms with Crippen LogP contribution in [0, 0.1) is 18.7 Å². The van der Waals surface area contributed by atoms with E-state index in [2.05, 4.69) is 10.6 Å². The molecular formula is C21H25FN2O2. The Morgan fingerprint density at radius 1 is 1.04 bits per heavy atom. The largest absolute Gasteiger partial charge is 0.354 e. The van der Waals surface area contributed by atoms with E-state index in [-0.39, 0.29) is 23.5 Å². The quantitative estimate of drug-likeness (QED) is 0.800. The van der Waals surface area contributed by atoms with Gasteiger partial charge in [0.25, 0.3) is 5.91 Å². The maximum atomic E-state index is 13.6. The summed E-state index contributed by atoms with van der Waals surface area (Å²) in [6.07, 6.45) is 0.398. The van der Waals surface area contributed by atoms with Crippen LogP contribution in [0.2, 0.25) is 0 Å². The lowest BCUT2D eigenvalue weighted by atomic mass is 10.0. The molecule has 0 saturated heterocycles. The second-order valence-electron chi connectivity index (χ2n) is 6.64. The van der Waals surface area contributed by atoms with Crippen molar-refractivity contribution >= 4 is 11.8 Å². The van der Waals surface area contributed by atoms with Gasteiger partial charge in [0.1, 0.15) is 11.9 Å². The zero-order chi connectivity index (χ0) is 19.1. The summed E-state index contributed by atoms with van der Waals surface area (Å²) >= 11 is 0. The highest BCUT2D eigenvalue weighted by Crippen LogP contribution is 2.10. The molecule has 2 amide bonds. The predicted octanol–water partition coefficient (Wildman–Crippen LogP) is 3.25. The minimum Gasteiger partial charge on any atom is -0.354 e. The summed E-state index contributed by atoms with van der Waals surface area (Å²) in [6, 6.07) is 13.1. The van der Waals surface area contributed by atoms with Crippen molar-refractivity contribution in [2.75, 3.05) is 6.54 Å². The SMILES string of the molecule is Cc1ccccc1C(=O)NC(C(=O)NCCc1ccccc1F)C(C)C. The minimum atomic E-state index is -0.650. The molecule has 0 radical (unpaired) electrons. The molecular weight excluding hydrogens is 331 g/mol. The van der Waals surface area contributed by atoms with Gasteiger partial charge in [-0.2, -0.15) is 0 Å². The number of hydrogen-bond donors (Lipinski definition) is 2. The monoisotopic (exact) mass is 356 g/mol. The average Bonchev–Trinajstić information content (AvgIpc) is 2.61. The van der Waals surface area contributed by atoms with Gasteiger partial charge in [-0.1, -0.05) is 50.2 Å². The van der Waals surface area contributed by atoms with Crippen LogP contribution >= 0.6 is 0 Å². The number of halogens is 1. The van der Waals surface area contributed by atoms with Gasteiger partial charge in [-0.25, -0.2) is 4.39 Å². The average molecular weight is 356 g/mol. The van der Waals surface area contributed by atoms with E-state index in [4.69, 9.17) is 0 Å². The van der Waals surface area contributed by atoms with Gasteiger partial charge in [-0.05, 0) is 42.5 Å². The Bertz CT molecular complexity index is 774. The molecule has 2 aromatic carbocycles. The van der Waals surface area contributed by atoms with E-state index in [0.717, 1.165) is 5.56 Å². The number of rotatable bonds is 7. The molecule has 0 fully saturated rings. The summed E-state index contributed by atoms with van der Waals surface area (Å²) < 4.78 is 13.6. The fourth-order valence-corrected chi connectivity index (χ4v) is 2.71. The number of carbonyl (C=O) groups is 2. The highest BCUT2D eigenvalue weighted by Gasteiger charge is 2.24. The summed E-state index contributed by atoms with van der Waals surface area (Å²) in [5, 5.41) is 5.60. The molecule has 0 heterocycles. The van der Waals surface area contributed by atoms with Gasteiger partial charge in [0.2, 0.25) is 5.91 Å². The lowest BCUT2D eigenvalue weighted by Gasteiger charge is -2.22. The van der Waals surface area contributed by atoms with Gasteiger partial charge >= 0.3 is 0 Å². The van der Waals surface area contributed by atoms with Crippen molar-refractivity contribution in [2.24, 2.45) is 5.92 Å². The summed E-state index contributed by atoms with van der Waals surface area (Å²) in [5.41, 5.74) is 1.96. The van der Waals surface area contributed by atoms with Crippen molar-refractivity contribution in [1.82, 2.24) is 10.6 Å². The van der Waals surface area contributed by atoms with Crippen LogP contribution in [0.3, 0.4) is 0 Å². The van der Waals surface area contributed by atoms with E-state index in [1.807, 2.05) is 32.9 Å². The van der Waals surface area contributed by atoms with Crippen LogP contribution in [-0.2, 0) is 11.2 Å². The van der Waals surface area contributed by atoms with Gasteiger partial charge in [0.05, 0.1) is 0 Å². The number of nitrogens with one attached hydrogen (secondary N) is 2. The molecule has 0 bridgehead atoms. The molecule has 0 aliphatic carbocycles. The first-order chi connectivity index (χ1) is 12.4. The second kappa shape index (κ2) is 9.13. The first-order valence-electron chi connectivity index (χ1n) is 8.77. The van der Waals surface area contributed by atoms with Gasteiger partial charge < -0.3 is 10.6 Å². The predicted molar refractivity (Wildman–Crippen MR) is 100 cm³/mol. The zero-order valence-electron chi connectivity index (χ0n) is 15.4. The van der Waals surface area contributed by atoms with E-state index in [1.165, 1.54) is 6.07 Å². The third-order valence-electron chi connectivity index (χ3n) is 4.28.